The molecule has 1 aromatic heterocycles. The van der Waals surface area contributed by atoms with Crippen molar-refractivity contribution in [3.63, 3.8) is 0 Å². The van der Waals surface area contributed by atoms with Crippen molar-refractivity contribution in [1.82, 2.24) is 15.5 Å². The third-order valence-corrected chi connectivity index (χ3v) is 2.69. The van der Waals surface area contributed by atoms with Gasteiger partial charge in [-0.05, 0) is 0 Å². The zero-order chi connectivity index (χ0) is 14.5. The highest BCUT2D eigenvalue weighted by Gasteiger charge is 2.18. The van der Waals surface area contributed by atoms with Gasteiger partial charge in [0.1, 0.15) is 0 Å². The number of nitrogens with zero attached hydrogens (tertiary/aromatic N) is 1. The number of carboxylic acids is 1. The number of carbonyl (C=O) groups excluding carboxylic acids is 1. The van der Waals surface area contributed by atoms with Crippen LogP contribution in [0.25, 0.3) is 11.3 Å². The van der Waals surface area contributed by atoms with Crippen molar-refractivity contribution in [2.24, 2.45) is 0 Å². The van der Waals surface area contributed by atoms with E-state index in [0.717, 1.165) is 5.56 Å². The number of aromatic nitrogens is 2. The minimum absolute atomic E-state index is 0.286. The van der Waals surface area contributed by atoms with Crippen LogP contribution in [0.15, 0.2) is 36.5 Å². The highest BCUT2D eigenvalue weighted by Crippen LogP contribution is 2.20. The van der Waals surface area contributed by atoms with Crippen LogP contribution in [-0.4, -0.2) is 44.9 Å². The third kappa shape index (κ3) is 3.01. The number of aliphatic carboxylic acids is 1. The molecule has 0 aliphatic heterocycles. The second-order valence-electron chi connectivity index (χ2n) is 4.09. The minimum Gasteiger partial charge on any atom is -0.479 e. The second kappa shape index (κ2) is 5.98. The summed E-state index contributed by atoms with van der Waals surface area (Å²) in [5, 5.41) is 26.5. The molecular weight excluding hydrogens is 262 g/mol. The molecule has 0 aliphatic carbocycles. The van der Waals surface area contributed by atoms with E-state index in [9.17, 15) is 9.59 Å². The molecule has 0 saturated heterocycles. The minimum atomic E-state index is -1.63. The number of hydrogen-bond acceptors (Lipinski definition) is 4. The number of benzene rings is 1. The summed E-state index contributed by atoms with van der Waals surface area (Å²) in [6.45, 7) is -0.367. The molecule has 0 aliphatic rings. The van der Waals surface area contributed by atoms with Gasteiger partial charge < -0.3 is 15.5 Å². The number of H-pyrrole nitrogens is 1. The van der Waals surface area contributed by atoms with Gasteiger partial charge >= 0.3 is 5.97 Å². The van der Waals surface area contributed by atoms with Crippen molar-refractivity contribution in [2.75, 3.05) is 6.54 Å². The summed E-state index contributed by atoms with van der Waals surface area (Å²) in [6, 6.07) is 9.13. The van der Waals surface area contributed by atoms with Crippen molar-refractivity contribution in [1.29, 1.82) is 0 Å². The SMILES string of the molecule is O=C(NCC(O)C(=O)O)c1cn[nH]c1-c1ccccc1. The monoisotopic (exact) mass is 275 g/mol. The molecule has 2 aromatic rings. The van der Waals surface area contributed by atoms with Crippen molar-refractivity contribution in [3.05, 3.63) is 42.1 Å². The van der Waals surface area contributed by atoms with Gasteiger partial charge in [0.2, 0.25) is 0 Å². The molecule has 1 unspecified atom stereocenters. The largest absolute Gasteiger partial charge is 0.479 e. The van der Waals surface area contributed by atoms with Gasteiger partial charge in [0.05, 0.1) is 24.0 Å². The molecule has 7 heteroatoms. The topological polar surface area (TPSA) is 115 Å². The molecule has 0 saturated carbocycles. The van der Waals surface area contributed by atoms with Gasteiger partial charge in [-0.1, -0.05) is 30.3 Å². The van der Waals surface area contributed by atoms with Crippen LogP contribution in [0.4, 0.5) is 0 Å². The Morgan fingerprint density at radius 3 is 2.65 bits per heavy atom. The maximum atomic E-state index is 12.0. The molecule has 1 heterocycles. The van der Waals surface area contributed by atoms with Gasteiger partial charge in [-0.25, -0.2) is 4.79 Å². The summed E-state index contributed by atoms with van der Waals surface area (Å²) < 4.78 is 0. The summed E-state index contributed by atoms with van der Waals surface area (Å²) in [5.74, 6) is -1.89. The van der Waals surface area contributed by atoms with E-state index < -0.39 is 18.0 Å². The van der Waals surface area contributed by atoms with E-state index >= 15 is 0 Å². The zero-order valence-electron chi connectivity index (χ0n) is 10.4. The molecule has 2 rings (SSSR count). The van der Waals surface area contributed by atoms with Crippen molar-refractivity contribution in [3.8, 4) is 11.3 Å². The quantitative estimate of drug-likeness (QED) is 0.624. The predicted octanol–water partition coefficient (Wildman–Crippen LogP) is 0.252. The van der Waals surface area contributed by atoms with E-state index in [1.807, 2.05) is 30.3 Å². The fourth-order valence-electron chi connectivity index (χ4n) is 1.66. The van der Waals surface area contributed by atoms with E-state index in [1.54, 1.807) is 0 Å². The second-order valence-corrected chi connectivity index (χ2v) is 4.09. The fourth-order valence-corrected chi connectivity index (χ4v) is 1.66. The van der Waals surface area contributed by atoms with Gasteiger partial charge in [0.15, 0.2) is 6.10 Å². The van der Waals surface area contributed by atoms with Crippen LogP contribution in [0.5, 0.6) is 0 Å². The fraction of sp³-hybridized carbons (Fsp3) is 0.154. The molecule has 104 valence electrons. The standard InChI is InChI=1S/C13H13N3O4/c17-10(13(19)20)7-14-12(18)9-6-15-16-11(9)8-4-2-1-3-5-8/h1-6,10,17H,7H2,(H,14,18)(H,15,16)(H,19,20). The van der Waals surface area contributed by atoms with Crippen LogP contribution in [0.2, 0.25) is 0 Å². The number of carboxylic acid groups (broad SMARTS) is 1. The zero-order valence-corrected chi connectivity index (χ0v) is 10.4. The van der Waals surface area contributed by atoms with E-state index in [-0.39, 0.29) is 12.1 Å². The highest BCUT2D eigenvalue weighted by atomic mass is 16.4. The van der Waals surface area contributed by atoms with Crippen LogP contribution in [0, 0.1) is 0 Å². The summed E-state index contributed by atoms with van der Waals surface area (Å²) >= 11 is 0. The Labute approximate surface area is 114 Å². The van der Waals surface area contributed by atoms with Crippen molar-refractivity contribution >= 4 is 11.9 Å². The molecule has 20 heavy (non-hydrogen) atoms. The van der Waals surface area contributed by atoms with Crippen molar-refractivity contribution < 1.29 is 19.8 Å². The predicted molar refractivity (Wildman–Crippen MR) is 70.0 cm³/mol. The molecule has 7 nitrogen and oxygen atoms in total. The molecule has 0 spiro atoms. The summed E-state index contributed by atoms with van der Waals surface area (Å²) in [4.78, 5) is 22.4. The van der Waals surface area contributed by atoms with Crippen LogP contribution < -0.4 is 5.32 Å². The maximum Gasteiger partial charge on any atom is 0.334 e. The first-order valence-corrected chi connectivity index (χ1v) is 5.87. The number of carbonyl (C=O) groups is 2. The normalized spacial score (nSPS) is 11.8. The lowest BCUT2D eigenvalue weighted by Gasteiger charge is -2.08. The van der Waals surface area contributed by atoms with E-state index in [1.165, 1.54) is 6.20 Å². The number of aromatic amines is 1. The number of aliphatic hydroxyl groups is 1. The van der Waals surface area contributed by atoms with Gasteiger partial charge in [0.25, 0.3) is 5.91 Å². The number of aliphatic hydroxyl groups excluding tert-OH is 1. The number of rotatable bonds is 5. The number of nitrogens with one attached hydrogen (secondary N) is 2. The molecule has 0 radical (unpaired) electrons. The maximum absolute atomic E-state index is 12.0. The Bertz CT molecular complexity index is 609. The van der Waals surface area contributed by atoms with Gasteiger partial charge in [0, 0.05) is 5.56 Å². The molecule has 4 N–H and O–H groups in total. The lowest BCUT2D eigenvalue weighted by molar-refractivity contribution is -0.146. The molecular formula is C13H13N3O4. The van der Waals surface area contributed by atoms with E-state index in [4.69, 9.17) is 10.2 Å². The number of amides is 1. The first kappa shape index (κ1) is 13.8. The average molecular weight is 275 g/mol. The molecule has 1 aromatic carbocycles. The van der Waals surface area contributed by atoms with Crippen molar-refractivity contribution in [2.45, 2.75) is 6.10 Å². The lowest BCUT2D eigenvalue weighted by Crippen LogP contribution is -2.36. The highest BCUT2D eigenvalue weighted by molar-refractivity contribution is 5.99. The Morgan fingerprint density at radius 1 is 1.30 bits per heavy atom. The van der Waals surface area contributed by atoms with Crippen LogP contribution in [0.3, 0.4) is 0 Å². The van der Waals surface area contributed by atoms with E-state index in [0.29, 0.717) is 5.69 Å². The molecule has 1 amide bonds. The Kier molecular flexibility index (Phi) is 4.11. The summed E-state index contributed by atoms with van der Waals surface area (Å²) in [5.41, 5.74) is 1.61. The van der Waals surface area contributed by atoms with E-state index in [2.05, 4.69) is 15.5 Å². The average Bonchev–Trinajstić information content (AvgIpc) is 2.94. The van der Waals surface area contributed by atoms with Gasteiger partial charge in [-0.15, -0.1) is 0 Å². The first-order valence-electron chi connectivity index (χ1n) is 5.87. The summed E-state index contributed by atoms with van der Waals surface area (Å²) in [7, 11) is 0. The Hall–Kier alpha value is -2.67. The lowest BCUT2D eigenvalue weighted by atomic mass is 10.1. The van der Waals surface area contributed by atoms with Crippen LogP contribution in [0.1, 0.15) is 10.4 Å². The Morgan fingerprint density at radius 2 is 2.00 bits per heavy atom. The van der Waals surface area contributed by atoms with Gasteiger partial charge in [-0.2, -0.15) is 5.10 Å². The third-order valence-electron chi connectivity index (χ3n) is 2.69. The molecule has 1 atom stereocenters. The van der Waals surface area contributed by atoms with Crippen LogP contribution in [-0.2, 0) is 4.79 Å². The molecule has 0 fully saturated rings. The smallest absolute Gasteiger partial charge is 0.334 e. The molecule has 0 bridgehead atoms. The van der Waals surface area contributed by atoms with Crippen LogP contribution >= 0.6 is 0 Å². The van der Waals surface area contributed by atoms with Gasteiger partial charge in [-0.3, -0.25) is 9.89 Å². The number of hydrogen-bond donors (Lipinski definition) is 4. The first-order chi connectivity index (χ1) is 9.59. The Balaban J connectivity index is 2.12. The summed E-state index contributed by atoms with van der Waals surface area (Å²) in [6.07, 6.45) is -0.281.